The molecule has 2 rings (SSSR count). The first-order chi connectivity index (χ1) is 12.3. The summed E-state index contributed by atoms with van der Waals surface area (Å²) >= 11 is 0. The quantitative estimate of drug-likeness (QED) is 0.557. The number of benzene rings is 2. The van der Waals surface area contributed by atoms with Gasteiger partial charge in [0.05, 0.1) is 0 Å². The van der Waals surface area contributed by atoms with Crippen LogP contribution in [-0.4, -0.2) is 11.6 Å². The molecule has 0 saturated heterocycles. The Labute approximate surface area is 158 Å². The van der Waals surface area contributed by atoms with E-state index in [4.69, 9.17) is 4.74 Å². The van der Waals surface area contributed by atoms with Gasteiger partial charge in [0.2, 0.25) is 0 Å². The van der Waals surface area contributed by atoms with Gasteiger partial charge in [-0.2, -0.15) is 0 Å². The lowest BCUT2D eigenvalue weighted by Gasteiger charge is -2.24. The molecule has 2 aromatic carbocycles. The van der Waals surface area contributed by atoms with E-state index in [0.29, 0.717) is 18.3 Å². The number of carbonyl (C=O) groups excluding carboxylic acids is 1. The molecule has 2 atom stereocenters. The highest BCUT2D eigenvalue weighted by Gasteiger charge is 2.22. The molecule has 0 aliphatic heterocycles. The zero-order chi connectivity index (χ0) is 19.0. The van der Waals surface area contributed by atoms with Crippen molar-refractivity contribution in [3.05, 3.63) is 71.8 Å². The molecule has 0 saturated carbocycles. The molecule has 0 spiro atoms. The second-order valence-electron chi connectivity index (χ2n) is 8.38. The minimum Gasteiger partial charge on any atom is -0.460 e. The maximum absolute atomic E-state index is 12.4. The van der Waals surface area contributed by atoms with Crippen LogP contribution in [-0.2, 0) is 22.4 Å². The normalized spacial score (nSPS) is 13.8. The molecular weight excluding hydrogens is 320 g/mol. The van der Waals surface area contributed by atoms with Crippen molar-refractivity contribution in [2.75, 3.05) is 0 Å². The van der Waals surface area contributed by atoms with Crippen LogP contribution in [0.1, 0.15) is 51.7 Å². The van der Waals surface area contributed by atoms with Crippen LogP contribution in [0.25, 0.3) is 0 Å². The predicted molar refractivity (Wildman–Crippen MR) is 108 cm³/mol. The van der Waals surface area contributed by atoms with Gasteiger partial charge in [0.1, 0.15) is 5.60 Å². The van der Waals surface area contributed by atoms with E-state index in [-0.39, 0.29) is 5.97 Å². The van der Waals surface area contributed by atoms with Crippen LogP contribution in [0.3, 0.4) is 0 Å². The summed E-state index contributed by atoms with van der Waals surface area (Å²) in [7, 11) is 0. The Kier molecular flexibility index (Phi) is 7.44. The summed E-state index contributed by atoms with van der Waals surface area (Å²) in [5.41, 5.74) is 2.22. The SMILES string of the molecule is CC(Cc1ccccc1)CC(CC(=O)OC(C)(C)C)Cc1ccccc1. The zero-order valence-corrected chi connectivity index (χ0v) is 16.6. The van der Waals surface area contributed by atoms with Gasteiger partial charge in [-0.1, -0.05) is 67.6 Å². The lowest BCUT2D eigenvalue weighted by atomic mass is 9.85. The van der Waals surface area contributed by atoms with E-state index in [9.17, 15) is 4.79 Å². The standard InChI is InChI=1S/C24H32O2/c1-19(15-20-11-7-5-8-12-20)16-22(17-21-13-9-6-10-14-21)18-23(25)26-24(2,3)4/h5-14,19,22H,15-18H2,1-4H3. The minimum absolute atomic E-state index is 0.0923. The second kappa shape index (κ2) is 9.56. The van der Waals surface area contributed by atoms with Gasteiger partial charge >= 0.3 is 5.97 Å². The Hall–Kier alpha value is -2.09. The number of hydrogen-bond acceptors (Lipinski definition) is 2. The molecule has 0 aromatic heterocycles. The molecule has 2 aromatic rings. The summed E-state index contributed by atoms with van der Waals surface area (Å²) in [4.78, 5) is 12.4. The fourth-order valence-electron chi connectivity index (χ4n) is 3.47. The number of hydrogen-bond donors (Lipinski definition) is 0. The first-order valence-electron chi connectivity index (χ1n) is 9.61. The third-order valence-corrected chi connectivity index (χ3v) is 4.41. The smallest absolute Gasteiger partial charge is 0.306 e. The van der Waals surface area contributed by atoms with Crippen LogP contribution < -0.4 is 0 Å². The zero-order valence-electron chi connectivity index (χ0n) is 16.6. The van der Waals surface area contributed by atoms with E-state index in [2.05, 4.69) is 61.5 Å². The molecule has 26 heavy (non-hydrogen) atoms. The van der Waals surface area contributed by atoms with Crippen LogP contribution in [0, 0.1) is 11.8 Å². The van der Waals surface area contributed by atoms with E-state index in [0.717, 1.165) is 19.3 Å². The molecule has 0 radical (unpaired) electrons. The van der Waals surface area contributed by atoms with Crippen molar-refractivity contribution in [1.82, 2.24) is 0 Å². The van der Waals surface area contributed by atoms with Gasteiger partial charge in [-0.05, 0) is 63.0 Å². The average Bonchev–Trinajstić information content (AvgIpc) is 2.54. The highest BCUT2D eigenvalue weighted by atomic mass is 16.6. The summed E-state index contributed by atoms with van der Waals surface area (Å²) in [6, 6.07) is 21.0. The van der Waals surface area contributed by atoms with E-state index >= 15 is 0 Å². The summed E-state index contributed by atoms with van der Waals surface area (Å²) in [5, 5.41) is 0. The van der Waals surface area contributed by atoms with Crippen molar-refractivity contribution in [2.24, 2.45) is 11.8 Å². The topological polar surface area (TPSA) is 26.3 Å². The molecule has 2 unspecified atom stereocenters. The fourth-order valence-corrected chi connectivity index (χ4v) is 3.47. The van der Waals surface area contributed by atoms with Gasteiger partial charge in [-0.3, -0.25) is 4.79 Å². The first-order valence-corrected chi connectivity index (χ1v) is 9.61. The number of carbonyl (C=O) groups is 1. The Balaban J connectivity index is 2.00. The maximum Gasteiger partial charge on any atom is 0.306 e. The average molecular weight is 353 g/mol. The monoisotopic (exact) mass is 352 g/mol. The van der Waals surface area contributed by atoms with Crippen LogP contribution in [0.5, 0.6) is 0 Å². The fraction of sp³-hybridized carbons (Fsp3) is 0.458. The van der Waals surface area contributed by atoms with E-state index in [1.54, 1.807) is 0 Å². The number of esters is 1. The Morgan fingerprint density at radius 2 is 1.38 bits per heavy atom. The Morgan fingerprint density at radius 3 is 1.88 bits per heavy atom. The molecular formula is C24H32O2. The lowest BCUT2D eigenvalue weighted by Crippen LogP contribution is -2.26. The molecule has 0 heterocycles. The van der Waals surface area contributed by atoms with Gasteiger partial charge in [0.15, 0.2) is 0 Å². The van der Waals surface area contributed by atoms with E-state index < -0.39 is 5.60 Å². The van der Waals surface area contributed by atoms with Crippen LogP contribution in [0.15, 0.2) is 60.7 Å². The molecule has 2 nitrogen and oxygen atoms in total. The second-order valence-corrected chi connectivity index (χ2v) is 8.38. The molecule has 2 heteroatoms. The molecule has 0 aliphatic rings. The molecule has 0 fully saturated rings. The van der Waals surface area contributed by atoms with Crippen molar-refractivity contribution in [2.45, 2.75) is 59.0 Å². The molecule has 140 valence electrons. The van der Waals surface area contributed by atoms with Crippen molar-refractivity contribution >= 4 is 5.97 Å². The van der Waals surface area contributed by atoms with E-state index in [1.807, 2.05) is 26.8 Å². The van der Waals surface area contributed by atoms with Crippen LogP contribution in [0.4, 0.5) is 0 Å². The van der Waals surface area contributed by atoms with Gasteiger partial charge in [-0.25, -0.2) is 0 Å². The number of ether oxygens (including phenoxy) is 1. The molecule has 0 aliphatic carbocycles. The van der Waals surface area contributed by atoms with Crippen molar-refractivity contribution in [1.29, 1.82) is 0 Å². The lowest BCUT2D eigenvalue weighted by molar-refractivity contribution is -0.156. The molecule has 0 amide bonds. The third-order valence-electron chi connectivity index (χ3n) is 4.41. The summed E-state index contributed by atoms with van der Waals surface area (Å²) < 4.78 is 5.57. The molecule has 0 N–H and O–H groups in total. The van der Waals surface area contributed by atoms with Gasteiger partial charge < -0.3 is 4.74 Å². The number of rotatable bonds is 8. The van der Waals surface area contributed by atoms with E-state index in [1.165, 1.54) is 11.1 Å². The van der Waals surface area contributed by atoms with Crippen molar-refractivity contribution in [3.8, 4) is 0 Å². The third kappa shape index (κ3) is 7.86. The van der Waals surface area contributed by atoms with Gasteiger partial charge in [-0.15, -0.1) is 0 Å². The summed E-state index contributed by atoms with van der Waals surface area (Å²) in [6.07, 6.45) is 3.45. The maximum atomic E-state index is 12.4. The van der Waals surface area contributed by atoms with Crippen molar-refractivity contribution in [3.63, 3.8) is 0 Å². The van der Waals surface area contributed by atoms with Crippen LogP contribution >= 0.6 is 0 Å². The summed E-state index contributed by atoms with van der Waals surface area (Å²) in [6.45, 7) is 8.06. The highest BCUT2D eigenvalue weighted by molar-refractivity contribution is 5.70. The van der Waals surface area contributed by atoms with Gasteiger partial charge in [0.25, 0.3) is 0 Å². The largest absolute Gasteiger partial charge is 0.460 e. The van der Waals surface area contributed by atoms with Crippen LogP contribution in [0.2, 0.25) is 0 Å². The first kappa shape index (κ1) is 20.2. The Morgan fingerprint density at radius 1 is 0.885 bits per heavy atom. The Bertz CT molecular complexity index is 656. The summed E-state index contributed by atoms with van der Waals surface area (Å²) in [5.74, 6) is 0.727. The highest BCUT2D eigenvalue weighted by Crippen LogP contribution is 2.25. The van der Waals surface area contributed by atoms with Gasteiger partial charge in [0, 0.05) is 6.42 Å². The van der Waals surface area contributed by atoms with Crippen molar-refractivity contribution < 1.29 is 9.53 Å². The molecule has 0 bridgehead atoms. The minimum atomic E-state index is -0.427. The predicted octanol–water partition coefficient (Wildman–Crippen LogP) is 5.85.